The van der Waals surface area contributed by atoms with Crippen molar-refractivity contribution in [1.82, 2.24) is 0 Å². The summed E-state index contributed by atoms with van der Waals surface area (Å²) in [4.78, 5) is 12.2. The van der Waals surface area contributed by atoms with Crippen LogP contribution in [0.3, 0.4) is 0 Å². The Morgan fingerprint density at radius 2 is 1.90 bits per heavy atom. The van der Waals surface area contributed by atoms with Gasteiger partial charge in [-0.3, -0.25) is 4.79 Å². The fourth-order valence-electron chi connectivity index (χ4n) is 2.25. The van der Waals surface area contributed by atoms with E-state index in [0.717, 1.165) is 17.5 Å². The van der Waals surface area contributed by atoms with E-state index in [0.29, 0.717) is 11.3 Å². The van der Waals surface area contributed by atoms with Crippen LogP contribution in [0, 0.1) is 0 Å². The molecule has 0 aliphatic carbocycles. The number of aryl methyl sites for hydroxylation is 1. The third-order valence-electron chi connectivity index (χ3n) is 3.25. The number of hydrogen-bond donors (Lipinski definition) is 1. The third kappa shape index (κ3) is 2.99. The van der Waals surface area contributed by atoms with Crippen LogP contribution in [0.2, 0.25) is 0 Å². The summed E-state index contributed by atoms with van der Waals surface area (Å²) in [6.07, 6.45) is 1.01. The summed E-state index contributed by atoms with van der Waals surface area (Å²) in [6.45, 7) is 1.99. The largest absolute Gasteiger partial charge is 0.504 e. The highest BCUT2D eigenvalue weighted by Gasteiger charge is 2.12. The fourth-order valence-corrected chi connectivity index (χ4v) is 2.25. The van der Waals surface area contributed by atoms with Gasteiger partial charge in [-0.2, -0.15) is 0 Å². The summed E-state index contributed by atoms with van der Waals surface area (Å²) in [5.41, 5.74) is 2.39. The Hall–Kier alpha value is -2.29. The van der Waals surface area contributed by atoms with Gasteiger partial charge in [-0.25, -0.2) is 0 Å². The smallest absolute Gasteiger partial charge is 0.167 e. The first kappa shape index (κ1) is 14.1. The second-order valence-electron chi connectivity index (χ2n) is 4.63. The van der Waals surface area contributed by atoms with Crippen molar-refractivity contribution in [2.45, 2.75) is 19.8 Å². The Balaban J connectivity index is 2.26. The van der Waals surface area contributed by atoms with Crippen LogP contribution in [0.4, 0.5) is 0 Å². The summed E-state index contributed by atoms with van der Waals surface area (Å²) in [6, 6.07) is 12.7. The van der Waals surface area contributed by atoms with Gasteiger partial charge < -0.3 is 9.84 Å². The van der Waals surface area contributed by atoms with Crippen molar-refractivity contribution in [3.63, 3.8) is 0 Å². The molecule has 0 unspecified atom stereocenters. The minimum absolute atomic E-state index is 0.0391. The van der Waals surface area contributed by atoms with Crippen molar-refractivity contribution < 1.29 is 14.6 Å². The monoisotopic (exact) mass is 270 g/mol. The number of Topliss-reactive ketones (excluding diaryl/α,β-unsaturated/α-hetero) is 1. The van der Waals surface area contributed by atoms with Gasteiger partial charge >= 0.3 is 0 Å². The fraction of sp³-hybridized carbons (Fsp3) is 0.235. The highest BCUT2D eigenvalue weighted by Crippen LogP contribution is 2.32. The molecule has 3 heteroatoms. The van der Waals surface area contributed by atoms with E-state index in [-0.39, 0.29) is 18.0 Å². The number of carbonyl (C=O) groups is 1. The molecule has 0 aromatic heterocycles. The molecule has 0 saturated carbocycles. The third-order valence-corrected chi connectivity index (χ3v) is 3.25. The number of benzene rings is 2. The molecule has 0 aliphatic heterocycles. The molecule has 3 nitrogen and oxygen atoms in total. The number of carbonyl (C=O) groups excluding carboxylic acids is 1. The molecule has 20 heavy (non-hydrogen) atoms. The number of ketones is 1. The zero-order chi connectivity index (χ0) is 14.5. The number of methoxy groups -OCH3 is 1. The Labute approximate surface area is 118 Å². The zero-order valence-electron chi connectivity index (χ0n) is 11.7. The predicted molar refractivity (Wildman–Crippen MR) is 78.5 cm³/mol. The molecule has 0 spiro atoms. The first-order valence-electron chi connectivity index (χ1n) is 6.62. The standard InChI is InChI=1S/C17H18O3/c1-3-13-9-12(11-16(19)17(13)20-2)10-15(18)14-7-5-4-6-8-14/h4-9,11,19H,3,10H2,1-2H3. The molecular weight excluding hydrogens is 252 g/mol. The van der Waals surface area contributed by atoms with Crippen molar-refractivity contribution >= 4 is 5.78 Å². The molecule has 0 saturated heterocycles. The van der Waals surface area contributed by atoms with E-state index < -0.39 is 0 Å². The lowest BCUT2D eigenvalue weighted by Gasteiger charge is -2.11. The number of phenolic OH excluding ortho intramolecular Hbond substituents is 1. The lowest BCUT2D eigenvalue weighted by atomic mass is 9.99. The lowest BCUT2D eigenvalue weighted by molar-refractivity contribution is 0.0993. The van der Waals surface area contributed by atoms with Crippen molar-refractivity contribution in [3.8, 4) is 11.5 Å². The molecule has 0 radical (unpaired) electrons. The van der Waals surface area contributed by atoms with Crippen LogP contribution in [0.25, 0.3) is 0 Å². The molecule has 0 atom stereocenters. The normalized spacial score (nSPS) is 10.3. The summed E-state index contributed by atoms with van der Waals surface area (Å²) in [5, 5.41) is 9.95. The van der Waals surface area contributed by atoms with E-state index in [1.165, 1.54) is 7.11 Å². The van der Waals surface area contributed by atoms with Gasteiger partial charge in [0, 0.05) is 12.0 Å². The lowest BCUT2D eigenvalue weighted by Crippen LogP contribution is -2.04. The minimum Gasteiger partial charge on any atom is -0.504 e. The van der Waals surface area contributed by atoms with Gasteiger partial charge in [0.1, 0.15) is 0 Å². The Morgan fingerprint density at radius 3 is 2.50 bits per heavy atom. The first-order chi connectivity index (χ1) is 9.65. The van der Waals surface area contributed by atoms with Crippen LogP contribution >= 0.6 is 0 Å². The summed E-state index contributed by atoms with van der Waals surface area (Å²) < 4.78 is 5.18. The first-order valence-corrected chi connectivity index (χ1v) is 6.62. The maximum absolute atomic E-state index is 12.2. The molecule has 2 rings (SSSR count). The Kier molecular flexibility index (Phi) is 4.41. The molecule has 0 bridgehead atoms. The van der Waals surface area contributed by atoms with Gasteiger partial charge in [-0.05, 0) is 23.6 Å². The van der Waals surface area contributed by atoms with Crippen LogP contribution in [0.5, 0.6) is 11.5 Å². The number of phenols is 1. The Bertz CT molecular complexity index is 603. The van der Waals surface area contributed by atoms with Crippen molar-refractivity contribution in [2.24, 2.45) is 0 Å². The van der Waals surface area contributed by atoms with Gasteiger partial charge in [0.05, 0.1) is 7.11 Å². The summed E-state index contributed by atoms with van der Waals surface area (Å²) >= 11 is 0. The second-order valence-corrected chi connectivity index (χ2v) is 4.63. The van der Waals surface area contributed by atoms with Gasteiger partial charge in [0.2, 0.25) is 0 Å². The van der Waals surface area contributed by atoms with Crippen LogP contribution in [0.1, 0.15) is 28.4 Å². The number of rotatable bonds is 5. The molecule has 0 aliphatic rings. The molecule has 0 amide bonds. The van der Waals surface area contributed by atoms with Gasteiger partial charge in [0.25, 0.3) is 0 Å². The van der Waals surface area contributed by atoms with Crippen molar-refractivity contribution in [3.05, 3.63) is 59.2 Å². The van der Waals surface area contributed by atoms with Gasteiger partial charge in [-0.15, -0.1) is 0 Å². The topological polar surface area (TPSA) is 46.5 Å². The molecular formula is C17H18O3. The highest BCUT2D eigenvalue weighted by molar-refractivity contribution is 5.97. The molecule has 0 heterocycles. The number of ether oxygens (including phenoxy) is 1. The van der Waals surface area contributed by atoms with Crippen molar-refractivity contribution in [2.75, 3.05) is 7.11 Å². The molecule has 2 aromatic rings. The quantitative estimate of drug-likeness (QED) is 0.847. The maximum atomic E-state index is 12.2. The predicted octanol–water partition coefficient (Wildman–Crippen LogP) is 3.39. The average molecular weight is 270 g/mol. The second kappa shape index (κ2) is 6.24. The molecule has 1 N–H and O–H groups in total. The molecule has 0 fully saturated rings. The molecule has 104 valence electrons. The highest BCUT2D eigenvalue weighted by atomic mass is 16.5. The van der Waals surface area contributed by atoms with Crippen molar-refractivity contribution in [1.29, 1.82) is 0 Å². The Morgan fingerprint density at radius 1 is 1.20 bits per heavy atom. The van der Waals surface area contributed by atoms with E-state index in [1.54, 1.807) is 18.2 Å². The van der Waals surface area contributed by atoms with Gasteiger partial charge in [-0.1, -0.05) is 43.3 Å². The summed E-state index contributed by atoms with van der Waals surface area (Å²) in [7, 11) is 1.53. The molecule has 2 aromatic carbocycles. The van der Waals surface area contributed by atoms with Gasteiger partial charge in [0.15, 0.2) is 17.3 Å². The van der Waals surface area contributed by atoms with Crippen LogP contribution < -0.4 is 4.74 Å². The van der Waals surface area contributed by atoms with E-state index in [9.17, 15) is 9.90 Å². The SMILES string of the molecule is CCc1cc(CC(=O)c2ccccc2)cc(O)c1OC. The zero-order valence-corrected chi connectivity index (χ0v) is 11.7. The van der Waals surface area contributed by atoms with E-state index in [2.05, 4.69) is 0 Å². The van der Waals surface area contributed by atoms with E-state index in [4.69, 9.17) is 4.74 Å². The minimum atomic E-state index is 0.0391. The summed E-state index contributed by atoms with van der Waals surface area (Å²) in [5.74, 6) is 0.614. The van der Waals surface area contributed by atoms with Crippen LogP contribution in [-0.4, -0.2) is 18.0 Å². The maximum Gasteiger partial charge on any atom is 0.167 e. The number of aromatic hydroxyl groups is 1. The van der Waals surface area contributed by atoms with Crippen LogP contribution in [0.15, 0.2) is 42.5 Å². The van der Waals surface area contributed by atoms with E-state index >= 15 is 0 Å². The number of hydrogen-bond acceptors (Lipinski definition) is 3. The van der Waals surface area contributed by atoms with Crippen LogP contribution in [-0.2, 0) is 12.8 Å². The average Bonchev–Trinajstić information content (AvgIpc) is 2.47. The van der Waals surface area contributed by atoms with E-state index in [1.807, 2.05) is 31.2 Å².